The van der Waals surface area contributed by atoms with Gasteiger partial charge in [0.25, 0.3) is 0 Å². The Morgan fingerprint density at radius 3 is 2.46 bits per heavy atom. The van der Waals surface area contributed by atoms with Crippen LogP contribution >= 0.6 is 11.8 Å². The standard InChI is InChI=1S/C18H21N5O2S/c1-10(17(25)20-13-6-4-11(5-7-13)15(19)24)26-18-22-21-16(12-2-3-12)23(18)14-8-9-14/h4-7,10,12,14H,2-3,8-9H2,1H3,(H2,19,24)(H,20,25)/t10-/m1/s1. The molecule has 7 nitrogen and oxygen atoms in total. The molecular formula is C18H21N5O2S. The molecule has 4 rings (SSSR count). The molecule has 136 valence electrons. The molecule has 0 unspecified atom stereocenters. The minimum atomic E-state index is -0.488. The van der Waals surface area contributed by atoms with Crippen LogP contribution in [0.1, 0.15) is 60.7 Å². The Hall–Kier alpha value is -2.35. The smallest absolute Gasteiger partial charge is 0.248 e. The normalized spacial score (nSPS) is 17.7. The quantitative estimate of drug-likeness (QED) is 0.729. The van der Waals surface area contributed by atoms with Crippen molar-refractivity contribution < 1.29 is 9.59 Å². The Morgan fingerprint density at radius 1 is 1.19 bits per heavy atom. The second kappa shape index (κ2) is 6.75. The predicted molar refractivity (Wildman–Crippen MR) is 99.2 cm³/mol. The van der Waals surface area contributed by atoms with E-state index >= 15 is 0 Å². The first-order valence-corrected chi connectivity index (χ1v) is 9.73. The number of anilines is 1. The molecule has 2 amide bonds. The maximum atomic E-state index is 12.5. The van der Waals surface area contributed by atoms with Crippen LogP contribution in [0.25, 0.3) is 0 Å². The Morgan fingerprint density at radius 2 is 1.88 bits per heavy atom. The number of nitrogens with one attached hydrogen (secondary N) is 1. The van der Waals surface area contributed by atoms with Crippen LogP contribution in [-0.4, -0.2) is 31.8 Å². The number of primary amides is 1. The van der Waals surface area contributed by atoms with E-state index in [1.165, 1.54) is 24.6 Å². The summed E-state index contributed by atoms with van der Waals surface area (Å²) < 4.78 is 2.24. The average Bonchev–Trinajstić information content (AvgIpc) is 3.54. The van der Waals surface area contributed by atoms with Crippen LogP contribution in [0.3, 0.4) is 0 Å². The zero-order valence-corrected chi connectivity index (χ0v) is 15.3. The summed E-state index contributed by atoms with van der Waals surface area (Å²) in [4.78, 5) is 23.6. The summed E-state index contributed by atoms with van der Waals surface area (Å²) in [6, 6.07) is 7.04. The third kappa shape index (κ3) is 3.60. The number of aromatic nitrogens is 3. The summed E-state index contributed by atoms with van der Waals surface area (Å²) in [7, 11) is 0. The molecule has 2 aromatic rings. The number of benzene rings is 1. The predicted octanol–water partition coefficient (Wildman–Crippen LogP) is 2.71. The molecule has 0 aliphatic heterocycles. The first-order valence-electron chi connectivity index (χ1n) is 8.85. The van der Waals surface area contributed by atoms with Crippen molar-refractivity contribution >= 4 is 29.3 Å². The van der Waals surface area contributed by atoms with Gasteiger partial charge in [0.2, 0.25) is 11.8 Å². The van der Waals surface area contributed by atoms with Crippen LogP contribution in [0.2, 0.25) is 0 Å². The number of amides is 2. The molecule has 1 aromatic heterocycles. The highest BCUT2D eigenvalue weighted by atomic mass is 32.2. The fraction of sp³-hybridized carbons (Fsp3) is 0.444. The number of thioether (sulfide) groups is 1. The summed E-state index contributed by atoms with van der Waals surface area (Å²) >= 11 is 1.44. The summed E-state index contributed by atoms with van der Waals surface area (Å²) in [6.07, 6.45) is 4.70. The van der Waals surface area contributed by atoms with Crippen molar-refractivity contribution in [3.05, 3.63) is 35.7 Å². The molecule has 0 radical (unpaired) electrons. The monoisotopic (exact) mass is 371 g/mol. The third-order valence-corrected chi connectivity index (χ3v) is 5.69. The van der Waals surface area contributed by atoms with E-state index in [2.05, 4.69) is 20.1 Å². The Kier molecular flexibility index (Phi) is 4.44. The second-order valence-corrected chi connectivity index (χ2v) is 8.22. The molecular weight excluding hydrogens is 350 g/mol. The van der Waals surface area contributed by atoms with E-state index in [0.717, 1.165) is 23.8 Å². The van der Waals surface area contributed by atoms with Crippen molar-refractivity contribution in [1.29, 1.82) is 0 Å². The van der Waals surface area contributed by atoms with Crippen molar-refractivity contribution in [1.82, 2.24) is 14.8 Å². The fourth-order valence-electron chi connectivity index (χ4n) is 2.84. The highest BCUT2D eigenvalue weighted by molar-refractivity contribution is 8.00. The molecule has 0 bridgehead atoms. The van der Waals surface area contributed by atoms with Gasteiger partial charge in [-0.3, -0.25) is 9.59 Å². The zero-order valence-electron chi connectivity index (χ0n) is 14.5. The summed E-state index contributed by atoms with van der Waals surface area (Å²) in [5, 5.41) is 12.1. The topological polar surface area (TPSA) is 103 Å². The van der Waals surface area contributed by atoms with Gasteiger partial charge in [-0.25, -0.2) is 0 Å². The number of carbonyl (C=O) groups is 2. The molecule has 0 saturated heterocycles. The maximum absolute atomic E-state index is 12.5. The Bertz CT molecular complexity index is 840. The molecule has 1 atom stereocenters. The number of hydrogen-bond donors (Lipinski definition) is 2. The summed E-state index contributed by atoms with van der Waals surface area (Å²) in [5.41, 5.74) is 6.27. The maximum Gasteiger partial charge on any atom is 0.248 e. The van der Waals surface area contributed by atoms with Gasteiger partial charge in [-0.2, -0.15) is 0 Å². The minimum absolute atomic E-state index is 0.111. The SMILES string of the molecule is C[C@@H](Sc1nnc(C2CC2)n1C1CC1)C(=O)Nc1ccc(C(N)=O)cc1. The lowest BCUT2D eigenvalue weighted by Gasteiger charge is -2.13. The van der Waals surface area contributed by atoms with Gasteiger partial charge in [-0.05, 0) is 56.9 Å². The van der Waals surface area contributed by atoms with E-state index in [0.29, 0.717) is 23.2 Å². The van der Waals surface area contributed by atoms with Crippen LogP contribution < -0.4 is 11.1 Å². The lowest BCUT2D eigenvalue weighted by molar-refractivity contribution is -0.115. The molecule has 8 heteroatoms. The van der Waals surface area contributed by atoms with Crippen molar-refractivity contribution in [2.24, 2.45) is 5.73 Å². The van der Waals surface area contributed by atoms with Gasteiger partial charge in [-0.1, -0.05) is 11.8 Å². The molecule has 2 fully saturated rings. The minimum Gasteiger partial charge on any atom is -0.366 e. The first-order chi connectivity index (χ1) is 12.5. The fourth-order valence-corrected chi connectivity index (χ4v) is 3.76. The molecule has 2 aliphatic rings. The highest BCUT2D eigenvalue weighted by Crippen LogP contribution is 2.46. The number of nitrogens with zero attached hydrogens (tertiary/aromatic N) is 3. The average molecular weight is 371 g/mol. The van der Waals surface area contributed by atoms with Gasteiger partial charge in [0.1, 0.15) is 5.82 Å². The van der Waals surface area contributed by atoms with Crippen LogP contribution in [0.4, 0.5) is 5.69 Å². The van der Waals surface area contributed by atoms with Gasteiger partial charge in [0, 0.05) is 23.2 Å². The molecule has 1 aromatic carbocycles. The van der Waals surface area contributed by atoms with E-state index in [-0.39, 0.29) is 11.2 Å². The van der Waals surface area contributed by atoms with Crippen LogP contribution in [0.5, 0.6) is 0 Å². The van der Waals surface area contributed by atoms with Crippen molar-refractivity contribution in [2.75, 3.05) is 5.32 Å². The largest absolute Gasteiger partial charge is 0.366 e. The number of hydrogen-bond acceptors (Lipinski definition) is 5. The van der Waals surface area contributed by atoms with Crippen LogP contribution in [-0.2, 0) is 4.79 Å². The van der Waals surface area contributed by atoms with E-state index in [1.54, 1.807) is 24.3 Å². The van der Waals surface area contributed by atoms with Gasteiger partial charge in [-0.15, -0.1) is 10.2 Å². The van der Waals surface area contributed by atoms with Gasteiger partial charge in [0.15, 0.2) is 5.16 Å². The zero-order chi connectivity index (χ0) is 18.3. The molecule has 1 heterocycles. The second-order valence-electron chi connectivity index (χ2n) is 6.91. The lowest BCUT2D eigenvalue weighted by atomic mass is 10.2. The van der Waals surface area contributed by atoms with Gasteiger partial charge < -0.3 is 15.6 Å². The van der Waals surface area contributed by atoms with Gasteiger partial charge >= 0.3 is 0 Å². The molecule has 2 saturated carbocycles. The first kappa shape index (κ1) is 17.1. The van der Waals surface area contributed by atoms with Crippen molar-refractivity contribution in [3.8, 4) is 0 Å². The van der Waals surface area contributed by atoms with E-state index in [1.807, 2.05) is 6.92 Å². The molecule has 26 heavy (non-hydrogen) atoms. The Balaban J connectivity index is 1.42. The third-order valence-electron chi connectivity index (χ3n) is 4.63. The Labute approximate surface area is 155 Å². The number of carbonyl (C=O) groups excluding carboxylic acids is 2. The summed E-state index contributed by atoms with van der Waals surface area (Å²) in [6.45, 7) is 1.86. The van der Waals surface area contributed by atoms with E-state index in [9.17, 15) is 9.59 Å². The summed E-state index contributed by atoms with van der Waals surface area (Å²) in [5.74, 6) is 1.04. The van der Waals surface area contributed by atoms with E-state index < -0.39 is 5.91 Å². The van der Waals surface area contributed by atoms with Crippen LogP contribution in [0.15, 0.2) is 29.4 Å². The van der Waals surface area contributed by atoms with E-state index in [4.69, 9.17) is 5.73 Å². The highest BCUT2D eigenvalue weighted by Gasteiger charge is 2.37. The molecule has 0 spiro atoms. The number of rotatable bonds is 7. The van der Waals surface area contributed by atoms with Crippen LogP contribution in [0, 0.1) is 0 Å². The van der Waals surface area contributed by atoms with Gasteiger partial charge in [0.05, 0.1) is 5.25 Å². The number of nitrogens with two attached hydrogens (primary N) is 1. The van der Waals surface area contributed by atoms with Crippen molar-refractivity contribution in [3.63, 3.8) is 0 Å². The molecule has 3 N–H and O–H groups in total. The molecule has 2 aliphatic carbocycles. The van der Waals surface area contributed by atoms with Crippen molar-refractivity contribution in [2.45, 2.75) is 55.0 Å². The lowest BCUT2D eigenvalue weighted by Crippen LogP contribution is -2.23.